The highest BCUT2D eigenvalue weighted by molar-refractivity contribution is 8.22. The molecule has 44 heavy (non-hydrogen) atoms. The van der Waals surface area contributed by atoms with E-state index in [1.54, 1.807) is 9.47 Å². The number of carbonyl (C=O) groups excluding carboxylic acids is 2. The number of hydrogen-bond donors (Lipinski definition) is 4. The Labute approximate surface area is 257 Å². The molecule has 3 fully saturated rings. The molecule has 1 saturated carbocycles. The number of aliphatic hydroxyl groups is 1. The number of β-lactam (4-membered cyclic amide) rings is 1. The van der Waals surface area contributed by atoms with Gasteiger partial charge in [0.25, 0.3) is 0 Å². The number of fused-ring (bicyclic) bond motifs is 2. The Morgan fingerprint density at radius 2 is 1.98 bits per heavy atom. The van der Waals surface area contributed by atoms with Gasteiger partial charge in [-0.15, -0.1) is 11.8 Å². The number of pyridine rings is 2. The summed E-state index contributed by atoms with van der Waals surface area (Å²) >= 11 is 2.34. The quantitative estimate of drug-likeness (QED) is 0.215. The van der Waals surface area contributed by atoms with Gasteiger partial charge >= 0.3 is 18.0 Å². The van der Waals surface area contributed by atoms with Gasteiger partial charge in [0.15, 0.2) is 17.3 Å². The highest BCUT2D eigenvalue weighted by Gasteiger charge is 2.57. The van der Waals surface area contributed by atoms with Gasteiger partial charge in [0.2, 0.25) is 11.3 Å². The maximum Gasteiger partial charge on any atom is 0.407 e. The van der Waals surface area contributed by atoms with Crippen LogP contribution in [0, 0.1) is 11.7 Å². The summed E-state index contributed by atoms with van der Waals surface area (Å²) in [6, 6.07) is 0.624. The Morgan fingerprint density at radius 3 is 2.64 bits per heavy atom. The summed E-state index contributed by atoms with van der Waals surface area (Å²) in [5.41, 5.74) is -1.15. The molecule has 1 aliphatic carbocycles. The minimum absolute atomic E-state index is 0.000958. The van der Waals surface area contributed by atoms with Crippen LogP contribution in [0.4, 0.5) is 15.0 Å². The molecule has 5 heterocycles. The first-order valence-electron chi connectivity index (χ1n) is 13.9. The molecule has 0 bridgehead atoms. The number of carbonyl (C=O) groups is 4. The van der Waals surface area contributed by atoms with E-state index in [4.69, 9.17) is 4.74 Å². The van der Waals surface area contributed by atoms with E-state index in [0.29, 0.717) is 17.2 Å². The van der Waals surface area contributed by atoms with Crippen molar-refractivity contribution in [2.24, 2.45) is 5.92 Å². The first-order chi connectivity index (χ1) is 21.0. The highest BCUT2D eigenvalue weighted by Crippen LogP contribution is 2.53. The number of alkyl carbamates (subject to hydrolysis) is 1. The minimum Gasteiger partial charge on any atom is -0.477 e. The first-order valence-corrected chi connectivity index (χ1v) is 15.8. The average Bonchev–Trinajstić information content (AvgIpc) is 3.61. The number of anilines is 1. The largest absolute Gasteiger partial charge is 0.477 e. The van der Waals surface area contributed by atoms with E-state index in [0.717, 1.165) is 30.7 Å². The van der Waals surface area contributed by atoms with Gasteiger partial charge in [0, 0.05) is 31.1 Å². The van der Waals surface area contributed by atoms with Crippen LogP contribution in [0.3, 0.4) is 0 Å². The molecule has 0 spiro atoms. The van der Waals surface area contributed by atoms with Gasteiger partial charge in [0.05, 0.1) is 27.7 Å². The van der Waals surface area contributed by atoms with Crippen molar-refractivity contribution >= 4 is 64.3 Å². The molecule has 1 unspecified atom stereocenters. The number of nitrogens with zero attached hydrogens (tertiary/aromatic N) is 4. The van der Waals surface area contributed by atoms with Gasteiger partial charge < -0.3 is 34.8 Å². The SMILES string of the molecule is C[C@@H](O)[C@@H]1C(=O)N2C(C(=O)O)=C(SCCOC(=O)NC3CCN(c4nc5c(cc4F)c(=O)c(C(=O)O)cn5C4CC4)C3)S[C@H]12. The Kier molecular flexibility index (Phi) is 7.96. The number of amides is 2. The molecule has 6 rings (SSSR count). The maximum absolute atomic E-state index is 15.2. The number of halogens is 1. The lowest BCUT2D eigenvalue weighted by Gasteiger charge is -2.43. The second kappa shape index (κ2) is 11.6. The second-order valence-corrected chi connectivity index (χ2v) is 13.5. The van der Waals surface area contributed by atoms with Crippen molar-refractivity contribution in [1.29, 1.82) is 0 Å². The van der Waals surface area contributed by atoms with Gasteiger partial charge in [-0.1, -0.05) is 11.8 Å². The lowest BCUT2D eigenvalue weighted by molar-refractivity contribution is -0.156. The fourth-order valence-electron chi connectivity index (χ4n) is 5.64. The molecular formula is C27H28FN5O9S2. The number of aliphatic carboxylic acids is 1. The number of nitrogens with one attached hydrogen (secondary N) is 1. The minimum atomic E-state index is -1.39. The molecule has 2 aromatic heterocycles. The zero-order valence-electron chi connectivity index (χ0n) is 23.3. The summed E-state index contributed by atoms with van der Waals surface area (Å²) in [6.45, 7) is 2.04. The van der Waals surface area contributed by atoms with E-state index in [1.807, 2.05) is 0 Å². The average molecular weight is 650 g/mol. The lowest BCUT2D eigenvalue weighted by Crippen LogP contribution is -2.60. The van der Waals surface area contributed by atoms with Crippen LogP contribution in [0.25, 0.3) is 11.0 Å². The molecule has 4 N–H and O–H groups in total. The molecule has 4 aliphatic rings. The molecule has 2 amide bonds. The summed E-state index contributed by atoms with van der Waals surface area (Å²) in [6.07, 6.45) is 1.71. The van der Waals surface area contributed by atoms with Crippen LogP contribution in [-0.4, -0.2) is 96.7 Å². The van der Waals surface area contributed by atoms with Crippen LogP contribution >= 0.6 is 23.5 Å². The summed E-state index contributed by atoms with van der Waals surface area (Å²) in [5, 5.41) is 31.0. The molecule has 2 aromatic rings. The third-order valence-corrected chi connectivity index (χ3v) is 10.6. The van der Waals surface area contributed by atoms with E-state index in [2.05, 4.69) is 10.3 Å². The zero-order valence-corrected chi connectivity index (χ0v) is 24.9. The number of rotatable bonds is 10. The Balaban J connectivity index is 1.04. The molecule has 3 aliphatic heterocycles. The number of carboxylic acid groups (broad SMARTS) is 2. The third-order valence-electron chi connectivity index (χ3n) is 7.94. The molecule has 2 saturated heterocycles. The molecule has 17 heteroatoms. The predicted molar refractivity (Wildman–Crippen MR) is 157 cm³/mol. The van der Waals surface area contributed by atoms with Crippen LogP contribution in [-0.2, 0) is 14.3 Å². The molecular weight excluding hydrogens is 621 g/mol. The number of aromatic carboxylic acids is 1. The predicted octanol–water partition coefficient (Wildman–Crippen LogP) is 1.77. The van der Waals surface area contributed by atoms with E-state index >= 15 is 4.39 Å². The van der Waals surface area contributed by atoms with Gasteiger partial charge in [-0.25, -0.2) is 23.8 Å². The van der Waals surface area contributed by atoms with Gasteiger partial charge in [0.1, 0.15) is 23.2 Å². The van der Waals surface area contributed by atoms with Crippen molar-refractivity contribution in [1.82, 2.24) is 19.8 Å². The second-order valence-electron chi connectivity index (χ2n) is 11.0. The fraction of sp³-hybridized carbons (Fsp3) is 0.481. The third kappa shape index (κ3) is 5.36. The van der Waals surface area contributed by atoms with Crippen LogP contribution in [0.5, 0.6) is 0 Å². The van der Waals surface area contributed by atoms with Crippen molar-refractivity contribution in [3.63, 3.8) is 0 Å². The number of aliphatic hydroxyl groups excluding tert-OH is 1. The van der Waals surface area contributed by atoms with Crippen molar-refractivity contribution < 1.29 is 43.6 Å². The van der Waals surface area contributed by atoms with Gasteiger partial charge in [-0.2, -0.15) is 0 Å². The van der Waals surface area contributed by atoms with Crippen LogP contribution in [0.2, 0.25) is 0 Å². The van der Waals surface area contributed by atoms with Gasteiger partial charge in [-0.3, -0.25) is 14.5 Å². The normalized spacial score (nSPS) is 23.5. The zero-order chi connectivity index (χ0) is 31.4. The van der Waals surface area contributed by atoms with E-state index in [-0.39, 0.29) is 53.5 Å². The van der Waals surface area contributed by atoms with Crippen molar-refractivity contribution in [3.05, 3.63) is 43.8 Å². The van der Waals surface area contributed by atoms with Crippen LogP contribution in [0.1, 0.15) is 42.6 Å². The number of thioether (sulfide) groups is 2. The summed E-state index contributed by atoms with van der Waals surface area (Å²) < 4.78 is 22.5. The molecule has 0 radical (unpaired) electrons. The Bertz CT molecular complexity index is 1680. The summed E-state index contributed by atoms with van der Waals surface area (Å²) in [5.74, 6) is -4.28. The fourth-order valence-corrected chi connectivity index (χ4v) is 8.46. The Morgan fingerprint density at radius 1 is 1.23 bits per heavy atom. The number of hydrogen-bond acceptors (Lipinski definition) is 11. The Hall–Kier alpha value is -3.83. The molecule has 234 valence electrons. The summed E-state index contributed by atoms with van der Waals surface area (Å²) in [7, 11) is 0. The van der Waals surface area contributed by atoms with E-state index < -0.39 is 58.1 Å². The highest BCUT2D eigenvalue weighted by atomic mass is 32.2. The molecule has 14 nitrogen and oxygen atoms in total. The van der Waals surface area contributed by atoms with Crippen molar-refractivity contribution in [2.75, 3.05) is 30.3 Å². The number of aromatic nitrogens is 2. The lowest BCUT2D eigenvalue weighted by atomic mass is 9.92. The first kappa shape index (κ1) is 30.2. The summed E-state index contributed by atoms with van der Waals surface area (Å²) in [4.78, 5) is 68.1. The molecule has 4 atom stereocenters. The van der Waals surface area contributed by atoms with Crippen molar-refractivity contribution in [3.8, 4) is 0 Å². The number of carboxylic acids is 2. The monoisotopic (exact) mass is 649 g/mol. The smallest absolute Gasteiger partial charge is 0.407 e. The van der Waals surface area contributed by atoms with E-state index in [1.165, 1.54) is 29.8 Å². The molecule has 0 aromatic carbocycles. The van der Waals surface area contributed by atoms with Crippen LogP contribution in [0.15, 0.2) is 27.0 Å². The van der Waals surface area contributed by atoms with Crippen LogP contribution < -0.4 is 15.6 Å². The maximum atomic E-state index is 15.2. The standard InChI is InChI=1S/C27H28FN5O9S2/c1-11(34)17-22(36)33-18(25(39)40)26(44-23(17)33)43-7-6-42-27(41)29-12-4-5-31(9-12)21-16(28)8-14-19(35)15(24(37)38)10-32(13-2-3-13)20(14)30-21/h8,10-13,17,23,34H,2-7,9H2,1H3,(H,29,41)(H,37,38)(H,39,40)/t11-,12?,17-,23-/m1/s1. The van der Waals surface area contributed by atoms with Gasteiger partial charge in [-0.05, 0) is 32.3 Å². The number of ether oxygens (including phenoxy) is 1. The van der Waals surface area contributed by atoms with E-state index in [9.17, 15) is 39.3 Å². The van der Waals surface area contributed by atoms with Crippen molar-refractivity contribution in [2.45, 2.75) is 49.7 Å². The topological polar surface area (TPSA) is 192 Å².